The maximum atomic E-state index is 11.7. The summed E-state index contributed by atoms with van der Waals surface area (Å²) < 4.78 is 10.2. The van der Waals surface area contributed by atoms with Crippen molar-refractivity contribution in [1.29, 1.82) is 0 Å². The molecule has 2 aliphatic rings. The SMILES string of the molecule is C=C1C(=O)O[C@@H]2/C=C(/C)CC/C=C(/C(=O)OC)CC[C@H]12. The third-order valence-electron chi connectivity index (χ3n) is 3.90. The van der Waals surface area contributed by atoms with Crippen LogP contribution in [0.25, 0.3) is 0 Å². The average molecular weight is 276 g/mol. The van der Waals surface area contributed by atoms with Crippen LogP contribution in [0.3, 0.4) is 0 Å². The van der Waals surface area contributed by atoms with Crippen molar-refractivity contribution in [2.45, 2.75) is 38.7 Å². The quantitative estimate of drug-likeness (QED) is 0.420. The molecule has 1 saturated heterocycles. The molecule has 0 aromatic carbocycles. The summed E-state index contributed by atoms with van der Waals surface area (Å²) in [6.07, 6.45) is 6.58. The van der Waals surface area contributed by atoms with Crippen molar-refractivity contribution in [3.05, 3.63) is 35.5 Å². The number of carbonyl (C=O) groups is 2. The molecule has 4 nitrogen and oxygen atoms in total. The molecule has 4 heteroatoms. The molecule has 0 unspecified atom stereocenters. The standard InChI is InChI=1S/C16H20O4/c1-10-5-4-6-12(16(18)19-3)7-8-13-11(2)15(17)20-14(13)9-10/h6,9,13-14H,2,4-5,7-8H2,1,3H3/b10-9-,12-6+/t13-,14-/m1/s1. The first-order chi connectivity index (χ1) is 9.52. The number of hydrogen-bond donors (Lipinski definition) is 0. The monoisotopic (exact) mass is 276 g/mol. The van der Waals surface area contributed by atoms with E-state index in [1.807, 2.05) is 19.1 Å². The summed E-state index contributed by atoms with van der Waals surface area (Å²) in [6.45, 7) is 5.83. The Hall–Kier alpha value is -1.84. The molecule has 1 aliphatic heterocycles. The van der Waals surface area contributed by atoms with Crippen LogP contribution < -0.4 is 0 Å². The average Bonchev–Trinajstić information content (AvgIpc) is 2.68. The minimum atomic E-state index is -0.327. The van der Waals surface area contributed by atoms with Gasteiger partial charge < -0.3 is 9.47 Å². The molecule has 2 rings (SSSR count). The molecule has 0 bridgehead atoms. The van der Waals surface area contributed by atoms with Crippen molar-refractivity contribution < 1.29 is 19.1 Å². The van der Waals surface area contributed by atoms with Crippen LogP contribution in [0.2, 0.25) is 0 Å². The molecule has 108 valence electrons. The highest BCUT2D eigenvalue weighted by atomic mass is 16.6. The van der Waals surface area contributed by atoms with Crippen LogP contribution in [0.1, 0.15) is 32.6 Å². The van der Waals surface area contributed by atoms with Gasteiger partial charge in [-0.3, -0.25) is 0 Å². The van der Waals surface area contributed by atoms with Gasteiger partial charge in [0.2, 0.25) is 0 Å². The minimum Gasteiger partial charge on any atom is -0.466 e. The van der Waals surface area contributed by atoms with Crippen LogP contribution >= 0.6 is 0 Å². The first-order valence-electron chi connectivity index (χ1n) is 6.87. The van der Waals surface area contributed by atoms with E-state index in [2.05, 4.69) is 6.58 Å². The van der Waals surface area contributed by atoms with Gasteiger partial charge in [0, 0.05) is 17.1 Å². The number of ether oxygens (including phenoxy) is 2. The molecular weight excluding hydrogens is 256 g/mol. The number of rotatable bonds is 1. The third kappa shape index (κ3) is 3.00. The predicted octanol–water partition coefficient (Wildman–Crippen LogP) is 2.70. The number of allylic oxidation sites excluding steroid dienone is 2. The molecule has 0 aromatic heterocycles. The van der Waals surface area contributed by atoms with Gasteiger partial charge >= 0.3 is 11.9 Å². The Bertz CT molecular complexity index is 499. The van der Waals surface area contributed by atoms with E-state index in [1.54, 1.807) is 0 Å². The van der Waals surface area contributed by atoms with E-state index in [4.69, 9.17) is 9.47 Å². The van der Waals surface area contributed by atoms with E-state index < -0.39 is 0 Å². The lowest BCUT2D eigenvalue weighted by molar-refractivity contribution is -0.138. The predicted molar refractivity (Wildman–Crippen MR) is 74.8 cm³/mol. The van der Waals surface area contributed by atoms with Crippen LogP contribution in [0.5, 0.6) is 0 Å². The Kier molecular flexibility index (Phi) is 4.42. The highest BCUT2D eigenvalue weighted by molar-refractivity contribution is 5.91. The normalized spacial score (nSPS) is 32.3. The smallest absolute Gasteiger partial charge is 0.334 e. The van der Waals surface area contributed by atoms with Crippen molar-refractivity contribution in [1.82, 2.24) is 0 Å². The van der Waals surface area contributed by atoms with Gasteiger partial charge in [-0.2, -0.15) is 0 Å². The van der Waals surface area contributed by atoms with Crippen LogP contribution in [0.15, 0.2) is 35.5 Å². The largest absolute Gasteiger partial charge is 0.466 e. The van der Waals surface area contributed by atoms with Crippen LogP contribution in [0.4, 0.5) is 0 Å². The fourth-order valence-corrected chi connectivity index (χ4v) is 2.69. The van der Waals surface area contributed by atoms with Gasteiger partial charge in [-0.1, -0.05) is 18.2 Å². The second kappa shape index (κ2) is 6.07. The molecule has 0 radical (unpaired) electrons. The van der Waals surface area contributed by atoms with E-state index in [9.17, 15) is 9.59 Å². The summed E-state index contributed by atoms with van der Waals surface area (Å²) in [4.78, 5) is 23.4. The molecule has 1 heterocycles. The number of carbonyl (C=O) groups excluding carboxylic acids is 2. The summed E-state index contributed by atoms with van der Waals surface area (Å²) in [6, 6.07) is 0. The topological polar surface area (TPSA) is 52.6 Å². The van der Waals surface area contributed by atoms with Crippen LogP contribution in [-0.2, 0) is 19.1 Å². The van der Waals surface area contributed by atoms with E-state index in [-0.39, 0.29) is 24.0 Å². The highest BCUT2D eigenvalue weighted by Gasteiger charge is 2.37. The zero-order valence-corrected chi connectivity index (χ0v) is 12.0. The molecular formula is C16H20O4. The maximum absolute atomic E-state index is 11.7. The number of methoxy groups -OCH3 is 1. The molecule has 0 N–H and O–H groups in total. The molecule has 0 amide bonds. The third-order valence-corrected chi connectivity index (χ3v) is 3.90. The minimum absolute atomic E-state index is 0.0522. The summed E-state index contributed by atoms with van der Waals surface area (Å²) in [5.74, 6) is -0.671. The number of esters is 2. The van der Waals surface area contributed by atoms with Crippen molar-refractivity contribution >= 4 is 11.9 Å². The van der Waals surface area contributed by atoms with E-state index in [0.29, 0.717) is 24.0 Å². The lowest BCUT2D eigenvalue weighted by Gasteiger charge is -2.17. The fourth-order valence-electron chi connectivity index (χ4n) is 2.69. The molecule has 0 saturated carbocycles. The molecule has 1 aliphatic carbocycles. The van der Waals surface area contributed by atoms with Gasteiger partial charge in [-0.25, -0.2) is 9.59 Å². The molecule has 0 aromatic rings. The van der Waals surface area contributed by atoms with Gasteiger partial charge in [0.05, 0.1) is 7.11 Å². The highest BCUT2D eigenvalue weighted by Crippen LogP contribution is 2.34. The second-order valence-corrected chi connectivity index (χ2v) is 5.31. The van der Waals surface area contributed by atoms with Gasteiger partial charge in [0.1, 0.15) is 6.10 Å². The zero-order chi connectivity index (χ0) is 14.7. The lowest BCUT2D eigenvalue weighted by Crippen LogP contribution is -2.17. The van der Waals surface area contributed by atoms with E-state index in [0.717, 1.165) is 18.4 Å². The summed E-state index contributed by atoms with van der Waals surface area (Å²) in [7, 11) is 1.39. The van der Waals surface area contributed by atoms with Crippen molar-refractivity contribution in [2.75, 3.05) is 7.11 Å². The van der Waals surface area contributed by atoms with Gasteiger partial charge in [0.15, 0.2) is 0 Å². The van der Waals surface area contributed by atoms with Crippen LogP contribution in [0, 0.1) is 5.92 Å². The number of hydrogen-bond acceptors (Lipinski definition) is 4. The second-order valence-electron chi connectivity index (χ2n) is 5.31. The fraction of sp³-hybridized carbons (Fsp3) is 0.500. The molecule has 1 fully saturated rings. The Balaban J connectivity index is 2.24. The van der Waals surface area contributed by atoms with Gasteiger partial charge in [-0.15, -0.1) is 0 Å². The lowest BCUT2D eigenvalue weighted by atomic mass is 9.88. The van der Waals surface area contributed by atoms with Crippen molar-refractivity contribution in [3.8, 4) is 0 Å². The molecule has 2 atom stereocenters. The van der Waals surface area contributed by atoms with Gasteiger partial charge in [-0.05, 0) is 38.7 Å². The van der Waals surface area contributed by atoms with Crippen LogP contribution in [-0.4, -0.2) is 25.2 Å². The van der Waals surface area contributed by atoms with Crippen molar-refractivity contribution in [3.63, 3.8) is 0 Å². The summed E-state index contributed by atoms with van der Waals surface area (Å²) in [5, 5.41) is 0. The Morgan fingerprint density at radius 1 is 1.45 bits per heavy atom. The Morgan fingerprint density at radius 2 is 2.20 bits per heavy atom. The first-order valence-corrected chi connectivity index (χ1v) is 6.87. The number of fused-ring (bicyclic) bond motifs is 1. The van der Waals surface area contributed by atoms with Crippen molar-refractivity contribution in [2.24, 2.45) is 5.92 Å². The Morgan fingerprint density at radius 3 is 2.90 bits per heavy atom. The summed E-state index contributed by atoms with van der Waals surface area (Å²) in [5.41, 5.74) is 2.34. The zero-order valence-electron chi connectivity index (χ0n) is 12.0. The summed E-state index contributed by atoms with van der Waals surface area (Å²) >= 11 is 0. The first kappa shape index (κ1) is 14.6. The Labute approximate surface area is 119 Å². The van der Waals surface area contributed by atoms with Gasteiger partial charge in [0.25, 0.3) is 0 Å². The molecule has 0 spiro atoms. The van der Waals surface area contributed by atoms with E-state index in [1.165, 1.54) is 7.11 Å². The maximum Gasteiger partial charge on any atom is 0.334 e. The molecule has 20 heavy (non-hydrogen) atoms. The van der Waals surface area contributed by atoms with E-state index >= 15 is 0 Å².